The maximum absolute atomic E-state index is 13.0. The van der Waals surface area contributed by atoms with Gasteiger partial charge in [0.2, 0.25) is 0 Å². The summed E-state index contributed by atoms with van der Waals surface area (Å²) >= 11 is 0. The summed E-state index contributed by atoms with van der Waals surface area (Å²) in [6, 6.07) is 10.4. The lowest BCUT2D eigenvalue weighted by Crippen LogP contribution is -2.13. The van der Waals surface area contributed by atoms with Crippen molar-refractivity contribution in [3.63, 3.8) is 0 Å². The van der Waals surface area contributed by atoms with Crippen molar-refractivity contribution in [3.05, 3.63) is 54.0 Å². The normalized spacial score (nSPS) is 19.9. The molecule has 0 amide bonds. The SMILES string of the molecule is CCCCC1CCC(C#Cc2ccc(-c3ccc(F)cc3)nc2)CC1. The van der Waals surface area contributed by atoms with Gasteiger partial charge >= 0.3 is 0 Å². The van der Waals surface area contributed by atoms with E-state index in [0.717, 1.165) is 22.7 Å². The third-order valence-electron chi connectivity index (χ3n) is 5.14. The number of nitrogens with zero attached hydrogens (tertiary/aromatic N) is 1. The van der Waals surface area contributed by atoms with E-state index in [4.69, 9.17) is 0 Å². The Bertz CT molecular complexity index is 713. The van der Waals surface area contributed by atoms with Crippen LogP contribution < -0.4 is 0 Å². The highest BCUT2D eigenvalue weighted by atomic mass is 19.1. The van der Waals surface area contributed by atoms with Crippen LogP contribution in [0.2, 0.25) is 0 Å². The molecule has 1 aliphatic carbocycles. The van der Waals surface area contributed by atoms with Crippen LogP contribution >= 0.6 is 0 Å². The molecule has 0 aliphatic heterocycles. The number of benzene rings is 1. The molecule has 0 spiro atoms. The molecule has 1 heterocycles. The highest BCUT2D eigenvalue weighted by Crippen LogP contribution is 2.31. The lowest BCUT2D eigenvalue weighted by Gasteiger charge is -2.25. The predicted octanol–water partition coefficient (Wildman–Crippen LogP) is 6.24. The molecule has 3 rings (SSSR count). The Morgan fingerprint density at radius 1 is 1.04 bits per heavy atom. The number of hydrogen-bond acceptors (Lipinski definition) is 1. The van der Waals surface area contributed by atoms with Crippen LogP contribution in [0.15, 0.2) is 42.6 Å². The van der Waals surface area contributed by atoms with E-state index < -0.39 is 0 Å². The molecule has 1 aromatic heterocycles. The summed E-state index contributed by atoms with van der Waals surface area (Å²) in [5, 5.41) is 0. The van der Waals surface area contributed by atoms with E-state index in [9.17, 15) is 4.39 Å². The van der Waals surface area contributed by atoms with Gasteiger partial charge in [0, 0.05) is 23.2 Å². The van der Waals surface area contributed by atoms with E-state index >= 15 is 0 Å². The lowest BCUT2D eigenvalue weighted by atomic mass is 9.80. The zero-order valence-electron chi connectivity index (χ0n) is 15.0. The summed E-state index contributed by atoms with van der Waals surface area (Å²) in [6.45, 7) is 2.27. The molecule has 0 bridgehead atoms. The van der Waals surface area contributed by atoms with Crippen molar-refractivity contribution in [2.45, 2.75) is 51.9 Å². The number of rotatable bonds is 4. The molecule has 0 unspecified atom stereocenters. The Morgan fingerprint density at radius 2 is 1.80 bits per heavy atom. The summed E-state index contributed by atoms with van der Waals surface area (Å²) in [4.78, 5) is 4.46. The van der Waals surface area contributed by atoms with Gasteiger partial charge in [0.1, 0.15) is 5.82 Å². The van der Waals surface area contributed by atoms with Crippen LogP contribution in [0, 0.1) is 29.5 Å². The second-order valence-corrected chi connectivity index (χ2v) is 7.07. The van der Waals surface area contributed by atoms with Crippen molar-refractivity contribution in [1.29, 1.82) is 0 Å². The second kappa shape index (κ2) is 8.81. The number of unbranched alkanes of at least 4 members (excludes halogenated alkanes) is 1. The highest BCUT2D eigenvalue weighted by Gasteiger charge is 2.19. The van der Waals surface area contributed by atoms with Gasteiger partial charge in [0.25, 0.3) is 0 Å². The predicted molar refractivity (Wildman–Crippen MR) is 101 cm³/mol. The molecule has 2 heteroatoms. The molecule has 0 saturated heterocycles. The summed E-state index contributed by atoms with van der Waals surface area (Å²) in [6.07, 6.45) is 11.0. The molecule has 1 nitrogen and oxygen atoms in total. The Morgan fingerprint density at radius 3 is 2.44 bits per heavy atom. The third-order valence-corrected chi connectivity index (χ3v) is 5.14. The van der Waals surface area contributed by atoms with Gasteiger partial charge in [-0.1, -0.05) is 38.0 Å². The van der Waals surface area contributed by atoms with Crippen LogP contribution in [0.25, 0.3) is 11.3 Å². The maximum Gasteiger partial charge on any atom is 0.123 e. The van der Waals surface area contributed by atoms with Crippen molar-refractivity contribution in [2.75, 3.05) is 0 Å². The highest BCUT2D eigenvalue weighted by molar-refractivity contribution is 5.59. The average molecular weight is 335 g/mol. The Hall–Kier alpha value is -2.14. The zero-order chi connectivity index (χ0) is 17.5. The van der Waals surface area contributed by atoms with Gasteiger partial charge in [-0.3, -0.25) is 4.98 Å². The van der Waals surface area contributed by atoms with Gasteiger partial charge in [-0.05, 0) is 68.0 Å². The minimum Gasteiger partial charge on any atom is -0.255 e. The zero-order valence-corrected chi connectivity index (χ0v) is 15.0. The van der Waals surface area contributed by atoms with Crippen LogP contribution in [-0.2, 0) is 0 Å². The molecule has 1 aromatic carbocycles. The van der Waals surface area contributed by atoms with Crippen molar-refractivity contribution < 1.29 is 4.39 Å². The summed E-state index contributed by atoms with van der Waals surface area (Å²) in [5.74, 6) is 7.97. The van der Waals surface area contributed by atoms with Crippen LogP contribution in [0.3, 0.4) is 0 Å². The Kier molecular flexibility index (Phi) is 6.23. The molecular weight excluding hydrogens is 309 g/mol. The maximum atomic E-state index is 13.0. The summed E-state index contributed by atoms with van der Waals surface area (Å²) < 4.78 is 13.0. The lowest BCUT2D eigenvalue weighted by molar-refractivity contribution is 0.296. The smallest absolute Gasteiger partial charge is 0.123 e. The standard InChI is InChI=1S/C23H26FN/c1-2-3-4-18-5-7-19(8-6-18)9-10-20-11-16-23(25-17-20)21-12-14-22(24)15-13-21/h11-19H,2-8H2,1H3. The topological polar surface area (TPSA) is 12.9 Å². The monoisotopic (exact) mass is 335 g/mol. The van der Waals surface area contributed by atoms with Crippen molar-refractivity contribution in [2.24, 2.45) is 11.8 Å². The fourth-order valence-corrected chi connectivity index (χ4v) is 3.53. The van der Waals surface area contributed by atoms with Gasteiger partial charge in [0.05, 0.1) is 5.69 Å². The van der Waals surface area contributed by atoms with Gasteiger partial charge in [0.15, 0.2) is 0 Å². The van der Waals surface area contributed by atoms with Gasteiger partial charge in [-0.2, -0.15) is 0 Å². The van der Waals surface area contributed by atoms with E-state index in [1.165, 1.54) is 57.1 Å². The number of hydrogen-bond donors (Lipinski definition) is 0. The molecule has 1 aliphatic rings. The fourth-order valence-electron chi connectivity index (χ4n) is 3.53. The molecule has 0 atom stereocenters. The first kappa shape index (κ1) is 17.7. The van der Waals surface area contributed by atoms with E-state index in [2.05, 4.69) is 23.7 Å². The first-order chi connectivity index (χ1) is 12.2. The van der Waals surface area contributed by atoms with Crippen LogP contribution in [-0.4, -0.2) is 4.98 Å². The molecule has 1 saturated carbocycles. The minimum atomic E-state index is -0.226. The average Bonchev–Trinajstić information content (AvgIpc) is 2.67. The van der Waals surface area contributed by atoms with Crippen molar-refractivity contribution in [1.82, 2.24) is 4.98 Å². The Balaban J connectivity index is 1.56. The van der Waals surface area contributed by atoms with Gasteiger partial charge in [-0.15, -0.1) is 0 Å². The molecule has 0 radical (unpaired) electrons. The first-order valence-electron chi connectivity index (χ1n) is 9.48. The molecule has 25 heavy (non-hydrogen) atoms. The molecule has 0 N–H and O–H groups in total. The fraction of sp³-hybridized carbons (Fsp3) is 0.435. The Labute approximate surface area is 150 Å². The van der Waals surface area contributed by atoms with Gasteiger partial charge < -0.3 is 0 Å². The van der Waals surface area contributed by atoms with Crippen molar-refractivity contribution >= 4 is 0 Å². The number of aromatic nitrogens is 1. The third kappa shape index (κ3) is 5.16. The van der Waals surface area contributed by atoms with E-state index in [-0.39, 0.29) is 5.82 Å². The van der Waals surface area contributed by atoms with Crippen molar-refractivity contribution in [3.8, 4) is 23.1 Å². The largest absolute Gasteiger partial charge is 0.255 e. The minimum absolute atomic E-state index is 0.226. The first-order valence-corrected chi connectivity index (χ1v) is 9.48. The summed E-state index contributed by atoms with van der Waals surface area (Å²) in [7, 11) is 0. The summed E-state index contributed by atoms with van der Waals surface area (Å²) in [5.41, 5.74) is 2.73. The van der Waals surface area contributed by atoms with Crippen LogP contribution in [0.4, 0.5) is 4.39 Å². The van der Waals surface area contributed by atoms with Gasteiger partial charge in [-0.25, -0.2) is 4.39 Å². The quantitative estimate of drug-likeness (QED) is 0.603. The van der Waals surface area contributed by atoms with E-state index in [1.54, 1.807) is 12.1 Å². The van der Waals surface area contributed by atoms with Crippen LogP contribution in [0.5, 0.6) is 0 Å². The van der Waals surface area contributed by atoms with Crippen LogP contribution in [0.1, 0.15) is 57.4 Å². The number of halogens is 1. The van der Waals surface area contributed by atoms with E-state index in [0.29, 0.717) is 5.92 Å². The molecule has 2 aromatic rings. The molecular formula is C23H26FN. The second-order valence-electron chi connectivity index (χ2n) is 7.07. The van der Waals surface area contributed by atoms with E-state index in [1.807, 2.05) is 18.3 Å². The molecule has 130 valence electrons. The number of pyridine rings is 1. The molecule has 1 fully saturated rings.